The second-order valence-corrected chi connectivity index (χ2v) is 4.79. The number of nitrogens with zero attached hydrogens (tertiary/aromatic N) is 1. The summed E-state index contributed by atoms with van der Waals surface area (Å²) in [6.07, 6.45) is 2.57. The van der Waals surface area contributed by atoms with Crippen molar-refractivity contribution in [3.8, 4) is 0 Å². The first-order valence-corrected chi connectivity index (χ1v) is 6.49. The van der Waals surface area contributed by atoms with Gasteiger partial charge in [0, 0.05) is 24.4 Å². The van der Waals surface area contributed by atoms with E-state index < -0.39 is 0 Å². The highest BCUT2D eigenvalue weighted by Gasteiger charge is 2.15. The Bertz CT molecular complexity index is 514. The van der Waals surface area contributed by atoms with Crippen molar-refractivity contribution in [2.75, 3.05) is 7.05 Å². The fraction of sp³-hybridized carbons (Fsp3) is 0.214. The van der Waals surface area contributed by atoms with Gasteiger partial charge in [-0.15, -0.1) is 0 Å². The SMILES string of the molecule is CNC(Cc1ccccn1)c1cccc(Cl)c1Cl. The van der Waals surface area contributed by atoms with E-state index in [4.69, 9.17) is 23.2 Å². The molecule has 2 aromatic rings. The molecular weight excluding hydrogens is 267 g/mol. The molecule has 4 heteroatoms. The van der Waals surface area contributed by atoms with Crippen molar-refractivity contribution in [3.63, 3.8) is 0 Å². The molecule has 0 aliphatic carbocycles. The monoisotopic (exact) mass is 280 g/mol. The van der Waals surface area contributed by atoms with Crippen LogP contribution in [0.15, 0.2) is 42.6 Å². The third-order valence-corrected chi connectivity index (χ3v) is 3.68. The Morgan fingerprint density at radius 3 is 2.67 bits per heavy atom. The topological polar surface area (TPSA) is 24.9 Å². The summed E-state index contributed by atoms with van der Waals surface area (Å²) in [4.78, 5) is 4.33. The molecule has 0 aliphatic heterocycles. The minimum absolute atomic E-state index is 0.103. The molecule has 18 heavy (non-hydrogen) atoms. The zero-order chi connectivity index (χ0) is 13.0. The fourth-order valence-electron chi connectivity index (χ4n) is 1.89. The summed E-state index contributed by atoms with van der Waals surface area (Å²) in [6, 6.07) is 11.7. The first kappa shape index (κ1) is 13.3. The highest BCUT2D eigenvalue weighted by Crippen LogP contribution is 2.31. The summed E-state index contributed by atoms with van der Waals surface area (Å²) in [5, 5.41) is 4.44. The lowest BCUT2D eigenvalue weighted by Crippen LogP contribution is -2.19. The molecule has 0 saturated heterocycles. The van der Waals surface area contributed by atoms with Crippen LogP contribution in [0, 0.1) is 0 Å². The quantitative estimate of drug-likeness (QED) is 0.919. The first-order chi connectivity index (χ1) is 8.72. The maximum absolute atomic E-state index is 6.24. The van der Waals surface area contributed by atoms with E-state index >= 15 is 0 Å². The molecule has 1 heterocycles. The van der Waals surface area contributed by atoms with Crippen molar-refractivity contribution >= 4 is 23.2 Å². The third kappa shape index (κ3) is 3.02. The molecule has 0 amide bonds. The molecule has 2 nitrogen and oxygen atoms in total. The molecule has 2 rings (SSSR count). The van der Waals surface area contributed by atoms with Crippen molar-refractivity contribution in [2.45, 2.75) is 12.5 Å². The van der Waals surface area contributed by atoms with Crippen LogP contribution in [0.2, 0.25) is 10.0 Å². The summed E-state index contributed by atoms with van der Waals surface area (Å²) < 4.78 is 0. The maximum Gasteiger partial charge on any atom is 0.0640 e. The lowest BCUT2D eigenvalue weighted by Gasteiger charge is -2.18. The lowest BCUT2D eigenvalue weighted by atomic mass is 10.0. The highest BCUT2D eigenvalue weighted by molar-refractivity contribution is 6.42. The van der Waals surface area contributed by atoms with E-state index in [1.165, 1.54) is 0 Å². The molecule has 0 radical (unpaired) electrons. The predicted molar refractivity (Wildman–Crippen MR) is 76.2 cm³/mol. The van der Waals surface area contributed by atoms with E-state index in [1.54, 1.807) is 12.3 Å². The molecule has 0 spiro atoms. The van der Waals surface area contributed by atoms with Crippen LogP contribution in [0.1, 0.15) is 17.3 Å². The van der Waals surface area contributed by atoms with E-state index in [9.17, 15) is 0 Å². The smallest absolute Gasteiger partial charge is 0.0640 e. The number of hydrogen-bond acceptors (Lipinski definition) is 2. The van der Waals surface area contributed by atoms with Crippen molar-refractivity contribution in [2.24, 2.45) is 0 Å². The number of aromatic nitrogens is 1. The van der Waals surface area contributed by atoms with Crippen molar-refractivity contribution < 1.29 is 0 Å². The largest absolute Gasteiger partial charge is 0.313 e. The summed E-state index contributed by atoms with van der Waals surface area (Å²) in [5.74, 6) is 0. The van der Waals surface area contributed by atoms with Gasteiger partial charge in [0.15, 0.2) is 0 Å². The standard InChI is InChI=1S/C14H14Cl2N2/c1-17-13(9-10-5-2-3-8-18-10)11-6-4-7-12(15)14(11)16/h2-8,13,17H,9H2,1H3. The van der Waals surface area contributed by atoms with Crippen LogP contribution in [0.5, 0.6) is 0 Å². The molecular formula is C14H14Cl2N2. The van der Waals surface area contributed by atoms with Crippen LogP contribution in [0.3, 0.4) is 0 Å². The van der Waals surface area contributed by atoms with E-state index in [0.717, 1.165) is 17.7 Å². The Labute approximate surface area is 117 Å². The second-order valence-electron chi connectivity index (χ2n) is 4.01. The minimum atomic E-state index is 0.103. The van der Waals surface area contributed by atoms with Gasteiger partial charge in [-0.2, -0.15) is 0 Å². The Morgan fingerprint density at radius 1 is 1.17 bits per heavy atom. The first-order valence-electron chi connectivity index (χ1n) is 5.73. The molecule has 1 unspecified atom stereocenters. The van der Waals surface area contributed by atoms with E-state index in [2.05, 4.69) is 10.3 Å². The molecule has 0 fully saturated rings. The van der Waals surface area contributed by atoms with Gasteiger partial charge < -0.3 is 5.32 Å². The zero-order valence-corrected chi connectivity index (χ0v) is 11.5. The van der Waals surface area contributed by atoms with Crippen LogP contribution in [0.25, 0.3) is 0 Å². The summed E-state index contributed by atoms with van der Waals surface area (Å²) in [6.45, 7) is 0. The fourth-order valence-corrected chi connectivity index (χ4v) is 2.32. The maximum atomic E-state index is 6.24. The van der Waals surface area contributed by atoms with Gasteiger partial charge in [0.25, 0.3) is 0 Å². The van der Waals surface area contributed by atoms with Crippen molar-refractivity contribution in [3.05, 3.63) is 63.9 Å². The van der Waals surface area contributed by atoms with Crippen molar-refractivity contribution in [1.82, 2.24) is 10.3 Å². The third-order valence-electron chi connectivity index (χ3n) is 2.84. The van der Waals surface area contributed by atoms with Gasteiger partial charge in [0.1, 0.15) is 0 Å². The normalized spacial score (nSPS) is 12.4. The Balaban J connectivity index is 2.26. The number of likely N-dealkylation sites (N-methyl/N-ethyl adjacent to an activating group) is 1. The molecule has 1 N–H and O–H groups in total. The number of benzene rings is 1. The van der Waals surface area contributed by atoms with E-state index in [1.807, 2.05) is 37.4 Å². The zero-order valence-electron chi connectivity index (χ0n) is 10.0. The molecule has 0 bridgehead atoms. The number of pyridine rings is 1. The average Bonchev–Trinajstić information content (AvgIpc) is 2.41. The molecule has 94 valence electrons. The highest BCUT2D eigenvalue weighted by atomic mass is 35.5. The number of halogens is 2. The summed E-state index contributed by atoms with van der Waals surface area (Å²) >= 11 is 12.3. The molecule has 0 saturated carbocycles. The van der Waals surface area contributed by atoms with Crippen LogP contribution in [-0.4, -0.2) is 12.0 Å². The number of nitrogens with one attached hydrogen (secondary N) is 1. The summed E-state index contributed by atoms with van der Waals surface area (Å²) in [5.41, 5.74) is 2.02. The van der Waals surface area contributed by atoms with Crippen molar-refractivity contribution in [1.29, 1.82) is 0 Å². The lowest BCUT2D eigenvalue weighted by molar-refractivity contribution is 0.584. The molecule has 1 aromatic carbocycles. The van der Waals surface area contributed by atoms with Gasteiger partial charge in [-0.3, -0.25) is 4.98 Å². The minimum Gasteiger partial charge on any atom is -0.313 e. The Hall–Kier alpha value is -1.09. The number of hydrogen-bond donors (Lipinski definition) is 1. The van der Waals surface area contributed by atoms with E-state index in [-0.39, 0.29) is 6.04 Å². The van der Waals surface area contributed by atoms with Gasteiger partial charge in [-0.1, -0.05) is 41.4 Å². The van der Waals surface area contributed by atoms with Crippen LogP contribution < -0.4 is 5.32 Å². The van der Waals surface area contributed by atoms with Gasteiger partial charge in [0.2, 0.25) is 0 Å². The number of rotatable bonds is 4. The second kappa shape index (κ2) is 6.19. The van der Waals surface area contributed by atoms with Crippen LogP contribution in [-0.2, 0) is 6.42 Å². The molecule has 0 aliphatic rings. The van der Waals surface area contributed by atoms with Crippen LogP contribution >= 0.6 is 23.2 Å². The van der Waals surface area contributed by atoms with Gasteiger partial charge in [0.05, 0.1) is 10.0 Å². The Morgan fingerprint density at radius 2 is 2.00 bits per heavy atom. The predicted octanol–water partition coefficient (Wildman–Crippen LogP) is 3.89. The average molecular weight is 281 g/mol. The van der Waals surface area contributed by atoms with Gasteiger partial charge >= 0.3 is 0 Å². The van der Waals surface area contributed by atoms with Gasteiger partial charge in [-0.25, -0.2) is 0 Å². The molecule has 1 atom stereocenters. The molecule has 1 aromatic heterocycles. The van der Waals surface area contributed by atoms with Gasteiger partial charge in [-0.05, 0) is 30.8 Å². The van der Waals surface area contributed by atoms with Crippen LogP contribution in [0.4, 0.5) is 0 Å². The Kier molecular flexibility index (Phi) is 4.59. The van der Waals surface area contributed by atoms with E-state index in [0.29, 0.717) is 10.0 Å². The summed E-state index contributed by atoms with van der Waals surface area (Å²) in [7, 11) is 1.91.